The van der Waals surface area contributed by atoms with E-state index < -0.39 is 0 Å². The Balaban J connectivity index is 2.26. The molecule has 1 unspecified atom stereocenters. The van der Waals surface area contributed by atoms with Gasteiger partial charge in [-0.3, -0.25) is 4.79 Å². The highest BCUT2D eigenvalue weighted by Crippen LogP contribution is 2.32. The van der Waals surface area contributed by atoms with E-state index in [0.29, 0.717) is 5.56 Å². The summed E-state index contributed by atoms with van der Waals surface area (Å²) in [4.78, 5) is 13.0. The van der Waals surface area contributed by atoms with E-state index in [1.807, 2.05) is 61.5 Å². The zero-order chi connectivity index (χ0) is 16.4. The van der Waals surface area contributed by atoms with Gasteiger partial charge in [-0.1, -0.05) is 55.5 Å². The van der Waals surface area contributed by atoms with Gasteiger partial charge in [0.1, 0.15) is 6.23 Å². The van der Waals surface area contributed by atoms with Crippen LogP contribution < -0.4 is 0 Å². The summed E-state index contributed by atoms with van der Waals surface area (Å²) in [6.45, 7) is 4.08. The van der Waals surface area contributed by atoms with Gasteiger partial charge >= 0.3 is 0 Å². The Labute approximate surface area is 136 Å². The first-order chi connectivity index (χ1) is 11.2. The highest BCUT2D eigenvalue weighted by Gasteiger charge is 2.23. The van der Waals surface area contributed by atoms with Crippen LogP contribution >= 0.6 is 0 Å². The van der Waals surface area contributed by atoms with Crippen LogP contribution in [0.5, 0.6) is 0 Å². The highest BCUT2D eigenvalue weighted by atomic mass is 16.5. The second-order valence-electron chi connectivity index (χ2n) is 5.64. The predicted octanol–water partition coefficient (Wildman–Crippen LogP) is 4.74. The molecule has 3 heteroatoms. The van der Waals surface area contributed by atoms with E-state index >= 15 is 0 Å². The molecular weight excluding hydrogens is 286 g/mol. The largest absolute Gasteiger partial charge is 0.361 e. The van der Waals surface area contributed by atoms with E-state index in [1.54, 1.807) is 7.11 Å². The van der Waals surface area contributed by atoms with Crippen molar-refractivity contribution in [3.8, 4) is 0 Å². The van der Waals surface area contributed by atoms with E-state index in [9.17, 15) is 4.79 Å². The van der Waals surface area contributed by atoms with Crippen molar-refractivity contribution in [3.63, 3.8) is 0 Å². The van der Waals surface area contributed by atoms with Gasteiger partial charge in [-0.05, 0) is 19.4 Å². The van der Waals surface area contributed by atoms with Crippen molar-refractivity contribution < 1.29 is 9.53 Å². The number of hydrogen-bond acceptors (Lipinski definition) is 2. The van der Waals surface area contributed by atoms with Crippen LogP contribution in [-0.4, -0.2) is 17.5 Å². The molecule has 0 saturated carbocycles. The summed E-state index contributed by atoms with van der Waals surface area (Å²) in [6.07, 6.45) is 0.770. The van der Waals surface area contributed by atoms with Gasteiger partial charge < -0.3 is 9.30 Å². The average Bonchev–Trinajstić information content (AvgIpc) is 2.89. The molecule has 23 heavy (non-hydrogen) atoms. The van der Waals surface area contributed by atoms with E-state index in [2.05, 4.69) is 11.5 Å². The number of methoxy groups -OCH3 is 1. The molecule has 3 nitrogen and oxygen atoms in total. The zero-order valence-electron chi connectivity index (χ0n) is 13.7. The van der Waals surface area contributed by atoms with Gasteiger partial charge in [-0.2, -0.15) is 0 Å². The molecule has 0 N–H and O–H groups in total. The van der Waals surface area contributed by atoms with Crippen molar-refractivity contribution >= 4 is 16.7 Å². The molecule has 1 atom stereocenters. The number of fused-ring (bicyclic) bond motifs is 1. The maximum absolute atomic E-state index is 13.0. The average molecular weight is 307 g/mol. The minimum atomic E-state index is -0.0720. The molecule has 118 valence electrons. The minimum Gasteiger partial charge on any atom is -0.361 e. The number of carbonyl (C=O) groups excluding carboxylic acids is 1. The lowest BCUT2D eigenvalue weighted by Crippen LogP contribution is -2.12. The van der Waals surface area contributed by atoms with Gasteiger partial charge in [0.15, 0.2) is 5.78 Å². The Morgan fingerprint density at radius 2 is 1.74 bits per heavy atom. The molecule has 0 saturated heterocycles. The summed E-state index contributed by atoms with van der Waals surface area (Å²) < 4.78 is 7.76. The van der Waals surface area contributed by atoms with Crippen molar-refractivity contribution in [1.29, 1.82) is 0 Å². The van der Waals surface area contributed by atoms with Crippen LogP contribution in [0.2, 0.25) is 0 Å². The molecule has 0 amide bonds. The fourth-order valence-electron chi connectivity index (χ4n) is 3.24. The van der Waals surface area contributed by atoms with E-state index in [0.717, 1.165) is 28.6 Å². The number of carbonyl (C=O) groups is 1. The monoisotopic (exact) mass is 307 g/mol. The second-order valence-corrected chi connectivity index (χ2v) is 5.64. The van der Waals surface area contributed by atoms with E-state index in [4.69, 9.17) is 4.74 Å². The van der Waals surface area contributed by atoms with Crippen molar-refractivity contribution in [2.45, 2.75) is 26.5 Å². The molecular formula is C20H21NO2. The van der Waals surface area contributed by atoms with Gasteiger partial charge in [0.25, 0.3) is 0 Å². The van der Waals surface area contributed by atoms with E-state index in [1.165, 1.54) is 0 Å². The van der Waals surface area contributed by atoms with Crippen molar-refractivity contribution in [3.05, 3.63) is 71.4 Å². The molecule has 0 bridgehead atoms. The maximum atomic E-state index is 13.0. The van der Waals surface area contributed by atoms with Gasteiger partial charge in [0, 0.05) is 23.8 Å². The summed E-state index contributed by atoms with van der Waals surface area (Å²) in [5.41, 5.74) is 3.47. The lowest BCUT2D eigenvalue weighted by molar-refractivity contribution is 0.0432. The van der Waals surface area contributed by atoms with Crippen LogP contribution in [0.3, 0.4) is 0 Å². The molecule has 1 heterocycles. The zero-order valence-corrected chi connectivity index (χ0v) is 13.7. The van der Waals surface area contributed by atoms with Crippen molar-refractivity contribution in [2.75, 3.05) is 7.11 Å². The number of rotatable bonds is 5. The molecule has 0 radical (unpaired) electrons. The van der Waals surface area contributed by atoms with Gasteiger partial charge in [0.05, 0.1) is 11.1 Å². The standard InChI is InChI=1S/C20H21NO2/c1-4-18(23-3)21-14(2)19(16-12-8-9-13-17(16)21)20(22)15-10-6-5-7-11-15/h5-13,18H,4H2,1-3H3. The third-order valence-electron chi connectivity index (χ3n) is 4.33. The van der Waals surface area contributed by atoms with Crippen molar-refractivity contribution in [2.24, 2.45) is 0 Å². The molecule has 0 aliphatic heterocycles. The number of benzene rings is 2. The molecule has 0 aliphatic carbocycles. The normalized spacial score (nSPS) is 12.5. The Kier molecular flexibility index (Phi) is 4.30. The smallest absolute Gasteiger partial charge is 0.195 e. The number of nitrogens with zero attached hydrogens (tertiary/aromatic N) is 1. The Morgan fingerprint density at radius 3 is 2.39 bits per heavy atom. The SMILES string of the molecule is CCC(OC)n1c(C)c(C(=O)c2ccccc2)c2ccccc21. The lowest BCUT2D eigenvalue weighted by atomic mass is 10.0. The number of para-hydroxylation sites is 1. The third-order valence-corrected chi connectivity index (χ3v) is 4.33. The van der Waals surface area contributed by atoms with Crippen LogP contribution in [-0.2, 0) is 4.74 Å². The fourth-order valence-corrected chi connectivity index (χ4v) is 3.24. The number of aromatic nitrogens is 1. The molecule has 0 aliphatic rings. The summed E-state index contributed by atoms with van der Waals surface area (Å²) in [7, 11) is 1.71. The summed E-state index contributed by atoms with van der Waals surface area (Å²) in [6, 6.07) is 17.5. The summed E-state index contributed by atoms with van der Waals surface area (Å²) >= 11 is 0. The third kappa shape index (κ3) is 2.57. The maximum Gasteiger partial charge on any atom is 0.195 e. The first-order valence-corrected chi connectivity index (χ1v) is 7.91. The number of ether oxygens (including phenoxy) is 1. The van der Waals surface area contributed by atoms with Crippen LogP contribution in [0.15, 0.2) is 54.6 Å². The minimum absolute atomic E-state index is 0.0593. The Morgan fingerprint density at radius 1 is 1.09 bits per heavy atom. The van der Waals surface area contributed by atoms with Gasteiger partial charge in [-0.25, -0.2) is 0 Å². The molecule has 1 aromatic heterocycles. The number of ketones is 1. The quantitative estimate of drug-likeness (QED) is 0.638. The van der Waals surface area contributed by atoms with Gasteiger partial charge in [0.2, 0.25) is 0 Å². The molecule has 2 aromatic carbocycles. The van der Waals surface area contributed by atoms with Crippen LogP contribution in [0.25, 0.3) is 10.9 Å². The Hall–Kier alpha value is -2.39. The van der Waals surface area contributed by atoms with Crippen LogP contribution in [0.4, 0.5) is 0 Å². The molecule has 3 aromatic rings. The first-order valence-electron chi connectivity index (χ1n) is 7.91. The molecule has 0 fully saturated rings. The predicted molar refractivity (Wildman–Crippen MR) is 92.9 cm³/mol. The number of hydrogen-bond donors (Lipinski definition) is 0. The lowest BCUT2D eigenvalue weighted by Gasteiger charge is -2.19. The highest BCUT2D eigenvalue weighted by molar-refractivity contribution is 6.17. The molecule has 3 rings (SSSR count). The van der Waals surface area contributed by atoms with Crippen LogP contribution in [0.1, 0.15) is 41.2 Å². The first kappa shape index (κ1) is 15.5. The second kappa shape index (κ2) is 6.39. The summed E-state index contributed by atoms with van der Waals surface area (Å²) in [5, 5.41) is 0.981. The van der Waals surface area contributed by atoms with Crippen LogP contribution in [0, 0.1) is 6.92 Å². The topological polar surface area (TPSA) is 31.2 Å². The van der Waals surface area contributed by atoms with Gasteiger partial charge in [-0.15, -0.1) is 0 Å². The fraction of sp³-hybridized carbons (Fsp3) is 0.250. The summed E-state index contributed by atoms with van der Waals surface area (Å²) in [5.74, 6) is 0.0593. The van der Waals surface area contributed by atoms with Crippen molar-refractivity contribution in [1.82, 2.24) is 4.57 Å². The van der Waals surface area contributed by atoms with E-state index in [-0.39, 0.29) is 12.0 Å². The molecule has 0 spiro atoms. The Bertz CT molecular complexity index is 829.